The van der Waals surface area contributed by atoms with E-state index in [-0.39, 0.29) is 6.15 Å². The Morgan fingerprint density at radius 1 is 0.471 bits per heavy atom. The van der Waals surface area contributed by atoms with Crippen molar-refractivity contribution in [2.24, 2.45) is 0 Å². The van der Waals surface area contributed by atoms with Gasteiger partial charge in [-0.25, -0.2) is 0 Å². The number of carboxylic acids is 1. The van der Waals surface area contributed by atoms with Crippen molar-refractivity contribution in [1.29, 1.82) is 0 Å². The first-order valence-electron chi connectivity index (χ1n) is 14.9. The highest BCUT2D eigenvalue weighted by molar-refractivity contribution is 5.60. The lowest BCUT2D eigenvalue weighted by atomic mass is 10.1. The Kier molecular flexibility index (Phi) is 41.2. The van der Waals surface area contributed by atoms with Crippen LogP contribution >= 0.6 is 0 Å². The summed E-state index contributed by atoms with van der Waals surface area (Å²) in [7, 11) is 0. The molecule has 4 heteroatoms. The van der Waals surface area contributed by atoms with Gasteiger partial charge in [-0.15, -0.1) is 0 Å². The van der Waals surface area contributed by atoms with Crippen molar-refractivity contribution in [3.05, 3.63) is 0 Å². The van der Waals surface area contributed by atoms with Gasteiger partial charge in [0.05, 0.1) is 0 Å². The number of rotatable bonds is 26. The highest BCUT2D eigenvalue weighted by atomic mass is 16.5. The fraction of sp³-hybridized carbons (Fsp3) is 0.967. The minimum atomic E-state index is -1.08. The van der Waals surface area contributed by atoms with Gasteiger partial charge in [-0.2, -0.15) is 0 Å². The molecule has 208 valence electrons. The molecule has 0 aliphatic heterocycles. The second kappa shape index (κ2) is 36.9. The molecule has 0 fully saturated rings. The molecule has 0 unspecified atom stereocenters. The van der Waals surface area contributed by atoms with E-state index in [2.05, 4.69) is 13.8 Å². The molecular formula is C30H65NO3. The van der Waals surface area contributed by atoms with E-state index in [1.165, 1.54) is 154 Å². The van der Waals surface area contributed by atoms with E-state index < -0.39 is 5.97 Å². The van der Waals surface area contributed by atoms with Gasteiger partial charge in [0.2, 0.25) is 0 Å². The zero-order valence-corrected chi connectivity index (χ0v) is 24.1. The van der Waals surface area contributed by atoms with Crippen molar-refractivity contribution in [2.45, 2.75) is 175 Å². The number of carbonyl (C=O) groups excluding carboxylic acids is 1. The topological polar surface area (TPSA) is 85.9 Å². The second-order valence-corrected chi connectivity index (χ2v) is 9.88. The van der Waals surface area contributed by atoms with Crippen molar-refractivity contribution in [3.63, 3.8) is 0 Å². The standard InChI is InChI=1S/C28H58O.C2H4O2.H3N/c1-3-5-7-9-11-13-15-17-19-21-23-25-27-29-28-26-24-22-20-18-16-14-12-10-8-6-4-2;1-2(3)4;/h3-28H2,1-2H3;1H3,(H,3,4);1H3. The Bertz CT molecular complexity index is 320. The first-order valence-corrected chi connectivity index (χ1v) is 14.9. The average molecular weight is 488 g/mol. The summed E-state index contributed by atoms with van der Waals surface area (Å²) in [6, 6.07) is 0. The number of quaternary nitrogens is 1. The Morgan fingerprint density at radius 2 is 0.647 bits per heavy atom. The molecule has 0 atom stereocenters. The van der Waals surface area contributed by atoms with Crippen LogP contribution in [-0.4, -0.2) is 19.2 Å². The maximum atomic E-state index is 8.89. The van der Waals surface area contributed by atoms with Gasteiger partial charge in [-0.3, -0.25) is 0 Å². The fourth-order valence-corrected chi connectivity index (χ4v) is 4.19. The van der Waals surface area contributed by atoms with E-state index in [1.807, 2.05) is 0 Å². The molecule has 0 aliphatic rings. The number of hydrogen-bond acceptors (Lipinski definition) is 3. The molecule has 0 bridgehead atoms. The summed E-state index contributed by atoms with van der Waals surface area (Å²) in [4.78, 5) is 8.89. The van der Waals surface area contributed by atoms with E-state index in [4.69, 9.17) is 14.6 Å². The van der Waals surface area contributed by atoms with Crippen molar-refractivity contribution < 1.29 is 14.6 Å². The predicted octanol–water partition coefficient (Wildman–Crippen LogP) is 9.54. The third-order valence-corrected chi connectivity index (χ3v) is 6.28. The summed E-state index contributed by atoms with van der Waals surface area (Å²) >= 11 is 0. The molecule has 0 spiro atoms. The highest BCUT2D eigenvalue weighted by Crippen LogP contribution is 2.13. The smallest absolute Gasteiger partial charge is 0.0466 e. The molecule has 0 aliphatic carbocycles. The third-order valence-electron chi connectivity index (χ3n) is 6.28. The molecule has 0 amide bonds. The van der Waals surface area contributed by atoms with Gasteiger partial charge < -0.3 is 20.8 Å². The molecule has 0 radical (unpaired) electrons. The van der Waals surface area contributed by atoms with Gasteiger partial charge in [-0.05, 0) is 19.8 Å². The van der Waals surface area contributed by atoms with Gasteiger partial charge >= 0.3 is 0 Å². The van der Waals surface area contributed by atoms with E-state index in [0.29, 0.717) is 0 Å². The summed E-state index contributed by atoms with van der Waals surface area (Å²) in [5.74, 6) is -1.08. The molecular weight excluding hydrogens is 422 g/mol. The molecule has 0 saturated heterocycles. The molecule has 0 aromatic rings. The van der Waals surface area contributed by atoms with Crippen LogP contribution in [0.1, 0.15) is 175 Å². The first kappa shape index (κ1) is 37.9. The fourth-order valence-electron chi connectivity index (χ4n) is 4.19. The van der Waals surface area contributed by atoms with Crippen LogP contribution < -0.4 is 11.3 Å². The Morgan fingerprint density at radius 3 is 0.853 bits per heavy atom. The number of ether oxygens (including phenoxy) is 1. The lowest BCUT2D eigenvalue weighted by Crippen LogP contribution is -2.16. The first-order chi connectivity index (χ1) is 16.1. The Labute approximate surface area is 215 Å². The summed E-state index contributed by atoms with van der Waals surface area (Å²) in [6.45, 7) is 7.56. The van der Waals surface area contributed by atoms with Crippen molar-refractivity contribution in [2.75, 3.05) is 13.2 Å². The normalized spacial score (nSPS) is 10.4. The molecule has 34 heavy (non-hydrogen) atoms. The average Bonchev–Trinajstić information content (AvgIpc) is 2.79. The van der Waals surface area contributed by atoms with E-state index in [1.54, 1.807) is 0 Å². The molecule has 4 N–H and O–H groups in total. The monoisotopic (exact) mass is 487 g/mol. The van der Waals surface area contributed by atoms with Crippen LogP contribution in [0.4, 0.5) is 0 Å². The van der Waals surface area contributed by atoms with Gasteiger partial charge in [-0.1, -0.05) is 155 Å². The lowest BCUT2D eigenvalue weighted by molar-refractivity contribution is -0.302. The number of aliphatic carboxylic acids is 1. The maximum Gasteiger partial charge on any atom is 0.0466 e. The van der Waals surface area contributed by atoms with Crippen LogP contribution in [0.3, 0.4) is 0 Å². The summed E-state index contributed by atoms with van der Waals surface area (Å²) < 4.78 is 5.82. The molecule has 4 nitrogen and oxygen atoms in total. The molecule has 0 rings (SSSR count). The van der Waals surface area contributed by atoms with Crippen molar-refractivity contribution >= 4 is 5.97 Å². The quantitative estimate of drug-likeness (QED) is 0.123. The SMILES string of the molecule is CC(=O)[O-].CCCCCCCCCCCCCCOCCCCCCCCCCCCCC.[NH4+]. The van der Waals surface area contributed by atoms with Crippen LogP contribution in [0.15, 0.2) is 0 Å². The van der Waals surface area contributed by atoms with Crippen LogP contribution in [0, 0.1) is 0 Å². The summed E-state index contributed by atoms with van der Waals surface area (Å²) in [5, 5.41) is 8.89. The predicted molar refractivity (Wildman–Crippen MR) is 150 cm³/mol. The van der Waals surface area contributed by atoms with Gasteiger partial charge in [0.1, 0.15) is 0 Å². The van der Waals surface area contributed by atoms with Crippen molar-refractivity contribution in [1.82, 2.24) is 6.15 Å². The van der Waals surface area contributed by atoms with E-state index in [0.717, 1.165) is 20.1 Å². The van der Waals surface area contributed by atoms with E-state index in [9.17, 15) is 0 Å². The van der Waals surface area contributed by atoms with Crippen LogP contribution in [0.5, 0.6) is 0 Å². The zero-order chi connectivity index (χ0) is 24.7. The molecule has 0 aromatic heterocycles. The molecule has 0 heterocycles. The molecule has 0 saturated carbocycles. The minimum Gasteiger partial charge on any atom is -0.550 e. The highest BCUT2D eigenvalue weighted by Gasteiger charge is 1.96. The second-order valence-electron chi connectivity index (χ2n) is 9.88. The number of carbonyl (C=O) groups is 1. The Balaban J connectivity index is -0.00000177. The summed E-state index contributed by atoms with van der Waals surface area (Å²) in [6.07, 6.45) is 34.1. The lowest BCUT2D eigenvalue weighted by Gasteiger charge is -2.05. The number of hydrogen-bond donors (Lipinski definition) is 1. The third kappa shape index (κ3) is 45.0. The maximum absolute atomic E-state index is 8.89. The van der Waals surface area contributed by atoms with Gasteiger partial charge in [0.25, 0.3) is 0 Å². The molecule has 0 aromatic carbocycles. The zero-order valence-electron chi connectivity index (χ0n) is 24.1. The van der Waals surface area contributed by atoms with Gasteiger partial charge in [0.15, 0.2) is 0 Å². The van der Waals surface area contributed by atoms with E-state index >= 15 is 0 Å². The van der Waals surface area contributed by atoms with Crippen LogP contribution in [-0.2, 0) is 9.53 Å². The number of unbranched alkanes of at least 4 members (excludes halogenated alkanes) is 22. The van der Waals surface area contributed by atoms with Crippen molar-refractivity contribution in [3.8, 4) is 0 Å². The Hall–Kier alpha value is -0.610. The largest absolute Gasteiger partial charge is 0.550 e. The van der Waals surface area contributed by atoms with Crippen LogP contribution in [0.25, 0.3) is 0 Å². The number of carboxylic acid groups (broad SMARTS) is 1. The minimum absolute atomic E-state index is 0. The summed E-state index contributed by atoms with van der Waals surface area (Å²) in [5.41, 5.74) is 0. The van der Waals surface area contributed by atoms with Crippen LogP contribution in [0.2, 0.25) is 0 Å². The van der Waals surface area contributed by atoms with Gasteiger partial charge in [0, 0.05) is 19.2 Å².